The van der Waals surface area contributed by atoms with Gasteiger partial charge in [0.15, 0.2) is 0 Å². The van der Waals surface area contributed by atoms with Crippen molar-refractivity contribution in [2.45, 2.75) is 19.5 Å². The Balaban J connectivity index is 1.52. The van der Waals surface area contributed by atoms with E-state index in [1.54, 1.807) is 12.5 Å². The molecule has 4 rings (SSSR count). The molecule has 6 heteroatoms. The Morgan fingerprint density at radius 2 is 1.93 bits per heavy atom. The van der Waals surface area contributed by atoms with Gasteiger partial charge in [0, 0.05) is 23.3 Å². The number of nitrogens with one attached hydrogen (secondary N) is 1. The Hall–Kier alpha value is -3.18. The summed E-state index contributed by atoms with van der Waals surface area (Å²) in [6.07, 6.45) is 3.51. The number of pyridine rings is 1. The predicted octanol–water partition coefficient (Wildman–Crippen LogP) is 4.62. The van der Waals surface area contributed by atoms with Crippen molar-refractivity contribution in [2.24, 2.45) is 0 Å². The topological polar surface area (TPSA) is 59.8 Å². The number of benzene rings is 2. The van der Waals surface area contributed by atoms with Gasteiger partial charge in [-0.2, -0.15) is 0 Å². The summed E-state index contributed by atoms with van der Waals surface area (Å²) >= 11 is 5.95. The minimum atomic E-state index is -0.174. The lowest BCUT2D eigenvalue weighted by atomic mass is 10.1. The standard InChI is InChI=1S/C22H19ClN4O/c1-15(19-4-2-3-11-24-19)26-22(28)17-7-10-21-20(12-17)25-14-27(21)13-16-5-8-18(23)9-6-16/h2-12,14-15H,13H2,1H3,(H,26,28). The van der Waals surface area contributed by atoms with Crippen LogP contribution in [0.4, 0.5) is 0 Å². The predicted molar refractivity (Wildman–Crippen MR) is 110 cm³/mol. The maximum Gasteiger partial charge on any atom is 0.251 e. The molecule has 0 aliphatic carbocycles. The van der Waals surface area contributed by atoms with Crippen molar-refractivity contribution < 1.29 is 4.79 Å². The number of carbonyl (C=O) groups is 1. The minimum Gasteiger partial charge on any atom is -0.344 e. The second-order valence-corrected chi connectivity index (χ2v) is 7.09. The normalized spacial score (nSPS) is 12.1. The van der Waals surface area contributed by atoms with E-state index in [9.17, 15) is 4.79 Å². The van der Waals surface area contributed by atoms with Gasteiger partial charge in [0.1, 0.15) is 0 Å². The number of hydrogen-bond donors (Lipinski definition) is 1. The van der Waals surface area contributed by atoms with Crippen molar-refractivity contribution in [3.05, 3.63) is 95.0 Å². The third kappa shape index (κ3) is 3.89. The fraction of sp³-hybridized carbons (Fsp3) is 0.136. The van der Waals surface area contributed by atoms with Crippen LogP contribution in [0.1, 0.15) is 34.6 Å². The Bertz CT molecular complexity index is 1110. The van der Waals surface area contributed by atoms with Crippen molar-refractivity contribution in [3.8, 4) is 0 Å². The average Bonchev–Trinajstić information content (AvgIpc) is 3.12. The molecule has 0 aliphatic heterocycles. The summed E-state index contributed by atoms with van der Waals surface area (Å²) in [4.78, 5) is 21.4. The maximum absolute atomic E-state index is 12.6. The van der Waals surface area contributed by atoms with Crippen molar-refractivity contribution in [2.75, 3.05) is 0 Å². The first-order valence-electron chi connectivity index (χ1n) is 9.01. The van der Waals surface area contributed by atoms with Crippen LogP contribution in [-0.2, 0) is 6.54 Å². The van der Waals surface area contributed by atoms with Gasteiger partial charge in [-0.3, -0.25) is 9.78 Å². The first kappa shape index (κ1) is 18.2. The fourth-order valence-corrected chi connectivity index (χ4v) is 3.23. The molecule has 0 spiro atoms. The molecule has 1 N–H and O–H groups in total. The lowest BCUT2D eigenvalue weighted by molar-refractivity contribution is 0.0939. The zero-order valence-electron chi connectivity index (χ0n) is 15.3. The first-order valence-corrected chi connectivity index (χ1v) is 9.39. The molecule has 4 aromatic rings. The third-order valence-electron chi connectivity index (χ3n) is 4.63. The van der Waals surface area contributed by atoms with Crippen LogP contribution in [-0.4, -0.2) is 20.4 Å². The van der Waals surface area contributed by atoms with Gasteiger partial charge in [0.05, 0.1) is 29.1 Å². The Morgan fingerprint density at radius 1 is 1.11 bits per heavy atom. The average molecular weight is 391 g/mol. The van der Waals surface area contributed by atoms with E-state index in [4.69, 9.17) is 11.6 Å². The molecule has 28 heavy (non-hydrogen) atoms. The molecule has 0 bridgehead atoms. The van der Waals surface area contributed by atoms with E-state index in [-0.39, 0.29) is 11.9 Å². The third-order valence-corrected chi connectivity index (χ3v) is 4.88. The number of fused-ring (bicyclic) bond motifs is 1. The molecular formula is C22H19ClN4O. The second kappa shape index (κ2) is 7.82. The van der Waals surface area contributed by atoms with Crippen LogP contribution in [0.5, 0.6) is 0 Å². The molecule has 1 unspecified atom stereocenters. The quantitative estimate of drug-likeness (QED) is 0.540. The van der Waals surface area contributed by atoms with E-state index in [2.05, 4.69) is 19.9 Å². The summed E-state index contributed by atoms with van der Waals surface area (Å²) in [6, 6.07) is 18.8. The van der Waals surface area contributed by atoms with Gasteiger partial charge in [-0.25, -0.2) is 4.98 Å². The molecule has 1 amide bonds. The Kier molecular flexibility index (Phi) is 5.08. The highest BCUT2D eigenvalue weighted by Gasteiger charge is 2.14. The minimum absolute atomic E-state index is 0.146. The molecule has 140 valence electrons. The summed E-state index contributed by atoms with van der Waals surface area (Å²) in [5.41, 5.74) is 4.29. The Labute approximate surface area is 168 Å². The molecule has 1 atom stereocenters. The SMILES string of the molecule is CC(NC(=O)c1ccc2c(c1)ncn2Cc1ccc(Cl)cc1)c1ccccn1. The summed E-state index contributed by atoms with van der Waals surface area (Å²) < 4.78 is 2.05. The lowest BCUT2D eigenvalue weighted by Crippen LogP contribution is -2.27. The molecule has 2 heterocycles. The van der Waals surface area contributed by atoms with Gasteiger partial charge in [0.2, 0.25) is 0 Å². The highest BCUT2D eigenvalue weighted by Crippen LogP contribution is 2.18. The number of halogens is 1. The van der Waals surface area contributed by atoms with Crippen LogP contribution >= 0.6 is 11.6 Å². The Morgan fingerprint density at radius 3 is 2.68 bits per heavy atom. The molecule has 0 saturated heterocycles. The summed E-state index contributed by atoms with van der Waals surface area (Å²) in [5, 5.41) is 3.70. The van der Waals surface area contributed by atoms with Crippen LogP contribution in [0, 0.1) is 0 Å². The van der Waals surface area contributed by atoms with Gasteiger partial charge in [-0.05, 0) is 55.0 Å². The van der Waals surface area contributed by atoms with Crippen molar-refractivity contribution in [3.63, 3.8) is 0 Å². The summed E-state index contributed by atoms with van der Waals surface area (Å²) in [6.45, 7) is 2.61. The van der Waals surface area contributed by atoms with E-state index in [0.29, 0.717) is 12.1 Å². The molecule has 2 aromatic carbocycles. The monoisotopic (exact) mass is 390 g/mol. The van der Waals surface area contributed by atoms with E-state index in [0.717, 1.165) is 27.3 Å². The first-order chi connectivity index (χ1) is 13.6. The van der Waals surface area contributed by atoms with Crippen molar-refractivity contribution in [1.82, 2.24) is 19.9 Å². The molecular weight excluding hydrogens is 372 g/mol. The van der Waals surface area contributed by atoms with Crippen LogP contribution in [0.25, 0.3) is 11.0 Å². The molecule has 0 aliphatic rings. The zero-order valence-corrected chi connectivity index (χ0v) is 16.1. The van der Waals surface area contributed by atoms with E-state index < -0.39 is 0 Å². The fourth-order valence-electron chi connectivity index (χ4n) is 3.10. The van der Waals surface area contributed by atoms with Crippen LogP contribution in [0.2, 0.25) is 5.02 Å². The number of aromatic nitrogens is 3. The highest BCUT2D eigenvalue weighted by molar-refractivity contribution is 6.30. The number of hydrogen-bond acceptors (Lipinski definition) is 3. The van der Waals surface area contributed by atoms with Crippen LogP contribution in [0.3, 0.4) is 0 Å². The number of imidazole rings is 1. The number of amides is 1. The molecule has 0 radical (unpaired) electrons. The van der Waals surface area contributed by atoms with E-state index >= 15 is 0 Å². The zero-order chi connectivity index (χ0) is 19.5. The van der Waals surface area contributed by atoms with Gasteiger partial charge in [-0.1, -0.05) is 29.8 Å². The van der Waals surface area contributed by atoms with Gasteiger partial charge >= 0.3 is 0 Å². The summed E-state index contributed by atoms with van der Waals surface area (Å²) in [5.74, 6) is -0.146. The number of nitrogens with zero attached hydrogens (tertiary/aromatic N) is 3. The van der Waals surface area contributed by atoms with Gasteiger partial charge < -0.3 is 9.88 Å². The van der Waals surface area contributed by atoms with E-state index in [1.807, 2.05) is 67.6 Å². The molecule has 0 fully saturated rings. The molecule has 5 nitrogen and oxygen atoms in total. The lowest BCUT2D eigenvalue weighted by Gasteiger charge is -2.13. The van der Waals surface area contributed by atoms with Crippen LogP contribution in [0.15, 0.2) is 73.2 Å². The van der Waals surface area contributed by atoms with Crippen LogP contribution < -0.4 is 5.32 Å². The van der Waals surface area contributed by atoms with Crippen molar-refractivity contribution in [1.29, 1.82) is 0 Å². The number of carbonyl (C=O) groups excluding carboxylic acids is 1. The van der Waals surface area contributed by atoms with Gasteiger partial charge in [-0.15, -0.1) is 0 Å². The largest absolute Gasteiger partial charge is 0.344 e. The highest BCUT2D eigenvalue weighted by atomic mass is 35.5. The molecule has 2 aromatic heterocycles. The maximum atomic E-state index is 12.6. The summed E-state index contributed by atoms with van der Waals surface area (Å²) in [7, 11) is 0. The number of rotatable bonds is 5. The van der Waals surface area contributed by atoms with Crippen molar-refractivity contribution >= 4 is 28.5 Å². The van der Waals surface area contributed by atoms with Gasteiger partial charge in [0.25, 0.3) is 5.91 Å². The van der Waals surface area contributed by atoms with E-state index in [1.165, 1.54) is 0 Å². The smallest absolute Gasteiger partial charge is 0.251 e. The second-order valence-electron chi connectivity index (χ2n) is 6.65. The molecule has 0 saturated carbocycles.